The van der Waals surface area contributed by atoms with E-state index in [-0.39, 0.29) is 19.1 Å². The Balaban J connectivity index is 1.59. The molecule has 0 aliphatic carbocycles. The van der Waals surface area contributed by atoms with Gasteiger partial charge in [0.25, 0.3) is 5.91 Å². The van der Waals surface area contributed by atoms with E-state index in [0.717, 1.165) is 5.56 Å². The minimum absolute atomic E-state index is 0.00261. The monoisotopic (exact) mass is 474 g/mol. The molecule has 0 atom stereocenters. The highest BCUT2D eigenvalue weighted by molar-refractivity contribution is 6.43. The molecule has 0 amide bonds. The fourth-order valence-corrected chi connectivity index (χ4v) is 3.64. The first kappa shape index (κ1) is 21.5. The molecular formula is C23H17Cl3N2O3. The minimum atomic E-state index is -0.270. The summed E-state index contributed by atoms with van der Waals surface area (Å²) >= 11 is 18.2. The first-order chi connectivity index (χ1) is 14.9. The van der Waals surface area contributed by atoms with Crippen LogP contribution in [0.1, 0.15) is 16.2 Å². The van der Waals surface area contributed by atoms with E-state index in [1.807, 2.05) is 55.5 Å². The maximum absolute atomic E-state index is 13.0. The number of benzene rings is 3. The van der Waals surface area contributed by atoms with Crippen molar-refractivity contribution >= 4 is 51.7 Å². The van der Waals surface area contributed by atoms with E-state index in [0.29, 0.717) is 43.4 Å². The summed E-state index contributed by atoms with van der Waals surface area (Å²) in [6.07, 6.45) is 0. The number of halogens is 3. The van der Waals surface area contributed by atoms with Gasteiger partial charge >= 0.3 is 0 Å². The van der Waals surface area contributed by atoms with Crippen LogP contribution in [0.15, 0.2) is 60.7 Å². The molecule has 8 heteroatoms. The van der Waals surface area contributed by atoms with Crippen molar-refractivity contribution in [2.45, 2.75) is 13.5 Å². The number of hydrogen-bond acceptors (Lipinski definition) is 4. The number of aromatic nitrogens is 2. The summed E-state index contributed by atoms with van der Waals surface area (Å²) in [5, 5.41) is 0.956. The molecule has 4 rings (SSSR count). The van der Waals surface area contributed by atoms with Gasteiger partial charge in [-0.3, -0.25) is 9.36 Å². The molecule has 0 fully saturated rings. The van der Waals surface area contributed by atoms with Crippen molar-refractivity contribution in [3.63, 3.8) is 0 Å². The second-order valence-electron chi connectivity index (χ2n) is 6.83. The van der Waals surface area contributed by atoms with E-state index in [4.69, 9.17) is 44.3 Å². The molecule has 0 bridgehead atoms. The van der Waals surface area contributed by atoms with E-state index in [9.17, 15) is 4.79 Å². The van der Waals surface area contributed by atoms with Crippen LogP contribution in [0.5, 0.6) is 11.5 Å². The Morgan fingerprint density at radius 1 is 0.935 bits per heavy atom. The first-order valence-electron chi connectivity index (χ1n) is 9.39. The molecular weight excluding hydrogens is 459 g/mol. The fourth-order valence-electron chi connectivity index (χ4n) is 3.05. The average Bonchev–Trinajstić information content (AvgIpc) is 3.13. The number of para-hydroxylation sites is 2. The van der Waals surface area contributed by atoms with Crippen molar-refractivity contribution < 1.29 is 14.3 Å². The van der Waals surface area contributed by atoms with Crippen LogP contribution < -0.4 is 9.47 Å². The number of rotatable bonds is 6. The van der Waals surface area contributed by atoms with Crippen molar-refractivity contribution in [1.29, 1.82) is 0 Å². The van der Waals surface area contributed by atoms with Crippen LogP contribution in [0, 0.1) is 6.92 Å². The van der Waals surface area contributed by atoms with Crippen molar-refractivity contribution in [3.8, 4) is 11.5 Å². The van der Waals surface area contributed by atoms with Gasteiger partial charge in [-0.2, -0.15) is 0 Å². The highest BCUT2D eigenvalue weighted by Crippen LogP contribution is 2.34. The largest absolute Gasteiger partial charge is 0.484 e. The average molecular weight is 476 g/mol. The normalized spacial score (nSPS) is 11.0. The molecule has 0 unspecified atom stereocenters. The minimum Gasteiger partial charge on any atom is -0.484 e. The Hall–Kier alpha value is -2.73. The Bertz CT molecular complexity index is 1250. The smallest absolute Gasteiger partial charge is 0.270 e. The van der Waals surface area contributed by atoms with Crippen molar-refractivity contribution in [2.24, 2.45) is 0 Å². The Morgan fingerprint density at radius 2 is 1.65 bits per heavy atom. The van der Waals surface area contributed by atoms with Gasteiger partial charge in [0.15, 0.2) is 12.4 Å². The van der Waals surface area contributed by atoms with Crippen molar-refractivity contribution in [2.75, 3.05) is 6.61 Å². The summed E-state index contributed by atoms with van der Waals surface area (Å²) in [5.74, 6) is 1.11. The topological polar surface area (TPSA) is 53.4 Å². The zero-order valence-electron chi connectivity index (χ0n) is 16.4. The second-order valence-corrected chi connectivity index (χ2v) is 8.05. The lowest BCUT2D eigenvalue weighted by atomic mass is 10.2. The number of carbonyl (C=O) groups is 1. The van der Waals surface area contributed by atoms with Crippen LogP contribution in [0.4, 0.5) is 0 Å². The Morgan fingerprint density at radius 3 is 2.42 bits per heavy atom. The van der Waals surface area contributed by atoms with Crippen LogP contribution in [0.3, 0.4) is 0 Å². The van der Waals surface area contributed by atoms with Gasteiger partial charge in [0, 0.05) is 6.07 Å². The zero-order valence-corrected chi connectivity index (χ0v) is 18.7. The first-order valence-corrected chi connectivity index (χ1v) is 10.5. The van der Waals surface area contributed by atoms with Crippen LogP contribution >= 0.6 is 34.8 Å². The summed E-state index contributed by atoms with van der Waals surface area (Å²) < 4.78 is 13.0. The third-order valence-electron chi connectivity index (χ3n) is 4.59. The summed E-state index contributed by atoms with van der Waals surface area (Å²) in [5.41, 5.74) is 2.45. The summed E-state index contributed by atoms with van der Waals surface area (Å²) in [4.78, 5) is 17.6. The van der Waals surface area contributed by atoms with Gasteiger partial charge in [0.2, 0.25) is 0 Å². The van der Waals surface area contributed by atoms with E-state index >= 15 is 0 Å². The number of carbonyl (C=O) groups excluding carboxylic acids is 1. The van der Waals surface area contributed by atoms with E-state index in [1.165, 1.54) is 16.7 Å². The highest BCUT2D eigenvalue weighted by atomic mass is 35.5. The molecule has 5 nitrogen and oxygen atoms in total. The molecule has 0 saturated carbocycles. The van der Waals surface area contributed by atoms with E-state index in [1.54, 1.807) is 0 Å². The molecule has 158 valence electrons. The van der Waals surface area contributed by atoms with Crippen LogP contribution in [-0.2, 0) is 6.61 Å². The lowest BCUT2D eigenvalue weighted by Gasteiger charge is -2.12. The van der Waals surface area contributed by atoms with Crippen LogP contribution in [-0.4, -0.2) is 22.1 Å². The lowest BCUT2D eigenvalue weighted by molar-refractivity contribution is 0.0834. The van der Waals surface area contributed by atoms with Gasteiger partial charge in [-0.15, -0.1) is 0 Å². The number of fused-ring (bicyclic) bond motifs is 1. The highest BCUT2D eigenvalue weighted by Gasteiger charge is 2.18. The Kier molecular flexibility index (Phi) is 6.37. The molecule has 31 heavy (non-hydrogen) atoms. The van der Waals surface area contributed by atoms with Crippen LogP contribution in [0.2, 0.25) is 15.1 Å². The molecule has 1 heterocycles. The molecule has 0 radical (unpaired) electrons. The quantitative estimate of drug-likeness (QED) is 0.295. The Labute approximate surface area is 194 Å². The third kappa shape index (κ3) is 4.79. The third-order valence-corrected chi connectivity index (χ3v) is 5.61. The molecule has 4 aromatic rings. The fraction of sp³-hybridized carbons (Fsp3) is 0.130. The molecule has 0 aliphatic heterocycles. The summed E-state index contributed by atoms with van der Waals surface area (Å²) in [6, 6.07) is 17.9. The standard InChI is InChI=1S/C23H17Cl3N2O3/c1-14-6-8-15(9-7-14)30-13-23(29)28-20-5-3-2-4-19(20)27-22(28)12-31-21-11-17(25)16(24)10-18(21)26/h2-11H,12-13H2,1H3. The number of ether oxygens (including phenoxy) is 2. The molecule has 1 aromatic heterocycles. The van der Waals surface area contributed by atoms with Gasteiger partial charge in [-0.25, -0.2) is 4.98 Å². The van der Waals surface area contributed by atoms with Crippen molar-refractivity contribution in [1.82, 2.24) is 9.55 Å². The maximum Gasteiger partial charge on any atom is 0.270 e. The SMILES string of the molecule is Cc1ccc(OCC(=O)n2c(COc3cc(Cl)c(Cl)cc3Cl)nc3ccccc32)cc1. The number of nitrogens with zero attached hydrogens (tertiary/aromatic N) is 2. The predicted octanol–water partition coefficient (Wildman–Crippen LogP) is 6.60. The second kappa shape index (κ2) is 9.18. The number of hydrogen-bond donors (Lipinski definition) is 0. The molecule has 0 aliphatic rings. The molecule has 0 N–H and O–H groups in total. The maximum atomic E-state index is 13.0. The van der Waals surface area contributed by atoms with Gasteiger partial charge in [0.1, 0.15) is 18.1 Å². The van der Waals surface area contributed by atoms with E-state index in [2.05, 4.69) is 4.98 Å². The van der Waals surface area contributed by atoms with Gasteiger partial charge in [0.05, 0.1) is 26.1 Å². The van der Waals surface area contributed by atoms with E-state index < -0.39 is 0 Å². The van der Waals surface area contributed by atoms with Gasteiger partial charge in [-0.05, 0) is 37.3 Å². The van der Waals surface area contributed by atoms with Crippen molar-refractivity contribution in [3.05, 3.63) is 87.1 Å². The summed E-state index contributed by atoms with van der Waals surface area (Å²) in [6.45, 7) is 1.84. The van der Waals surface area contributed by atoms with Crippen LogP contribution in [0.25, 0.3) is 11.0 Å². The molecule has 0 spiro atoms. The number of aryl methyl sites for hydroxylation is 1. The number of imidazole rings is 1. The molecule has 0 saturated heterocycles. The van der Waals surface area contributed by atoms with Gasteiger partial charge in [-0.1, -0.05) is 64.6 Å². The summed E-state index contributed by atoms with van der Waals surface area (Å²) in [7, 11) is 0. The molecule has 3 aromatic carbocycles. The predicted molar refractivity (Wildman–Crippen MR) is 123 cm³/mol. The zero-order chi connectivity index (χ0) is 22.0. The van der Waals surface area contributed by atoms with Gasteiger partial charge < -0.3 is 9.47 Å². The lowest BCUT2D eigenvalue weighted by Crippen LogP contribution is -2.22.